The predicted molar refractivity (Wildman–Crippen MR) is 85.2 cm³/mol. The van der Waals surface area contributed by atoms with Gasteiger partial charge in [-0.3, -0.25) is 0 Å². The molecule has 1 aliphatic rings. The Bertz CT molecular complexity index is 429. The summed E-state index contributed by atoms with van der Waals surface area (Å²) < 4.78 is 19.1. The molecule has 1 saturated carbocycles. The van der Waals surface area contributed by atoms with Crippen LogP contribution in [-0.4, -0.2) is 13.7 Å². The fourth-order valence-electron chi connectivity index (χ4n) is 3.37. The highest BCUT2D eigenvalue weighted by molar-refractivity contribution is 5.36. The van der Waals surface area contributed by atoms with E-state index in [1.165, 1.54) is 38.2 Å². The maximum atomic E-state index is 13.7. The zero-order chi connectivity index (χ0) is 15.1. The number of methoxy groups -OCH3 is 1. The molecule has 0 spiro atoms. The zero-order valence-electron chi connectivity index (χ0n) is 13.3. The van der Waals surface area contributed by atoms with E-state index in [1.807, 2.05) is 0 Å². The van der Waals surface area contributed by atoms with Gasteiger partial charge >= 0.3 is 0 Å². The molecular formula is C18H28FNO. The molecular weight excluding hydrogens is 265 g/mol. The first-order valence-electron chi connectivity index (χ1n) is 8.31. The Morgan fingerprint density at radius 3 is 2.71 bits per heavy atom. The molecule has 1 unspecified atom stereocenters. The summed E-state index contributed by atoms with van der Waals surface area (Å²) in [6, 6.07) is 5.04. The number of hydrogen-bond donors (Lipinski definition) is 1. The summed E-state index contributed by atoms with van der Waals surface area (Å²) in [5.74, 6) is 1.36. The second-order valence-corrected chi connectivity index (χ2v) is 6.13. The van der Waals surface area contributed by atoms with Gasteiger partial charge in [0.1, 0.15) is 11.6 Å². The molecule has 0 aliphatic heterocycles. The minimum Gasteiger partial charge on any atom is -0.496 e. The lowest BCUT2D eigenvalue weighted by Crippen LogP contribution is -2.26. The van der Waals surface area contributed by atoms with Crippen molar-refractivity contribution in [3.05, 3.63) is 29.6 Å². The van der Waals surface area contributed by atoms with Crippen molar-refractivity contribution in [1.82, 2.24) is 5.32 Å². The van der Waals surface area contributed by atoms with Crippen LogP contribution in [-0.2, 0) is 0 Å². The van der Waals surface area contributed by atoms with E-state index in [0.29, 0.717) is 0 Å². The van der Waals surface area contributed by atoms with Gasteiger partial charge < -0.3 is 10.1 Å². The third-order valence-corrected chi connectivity index (χ3v) is 4.50. The van der Waals surface area contributed by atoms with E-state index >= 15 is 0 Å². The minimum absolute atomic E-state index is 0.183. The van der Waals surface area contributed by atoms with Crippen LogP contribution in [0.2, 0.25) is 0 Å². The Labute approximate surface area is 128 Å². The van der Waals surface area contributed by atoms with Gasteiger partial charge in [0.25, 0.3) is 0 Å². The molecule has 0 amide bonds. The van der Waals surface area contributed by atoms with Crippen LogP contribution in [0.25, 0.3) is 0 Å². The number of rotatable bonds is 7. The molecule has 1 aliphatic carbocycles. The van der Waals surface area contributed by atoms with Crippen LogP contribution in [0.3, 0.4) is 0 Å². The Kier molecular flexibility index (Phi) is 6.50. The number of benzene rings is 1. The molecule has 1 atom stereocenters. The van der Waals surface area contributed by atoms with Gasteiger partial charge in [0, 0.05) is 11.6 Å². The number of hydrogen-bond acceptors (Lipinski definition) is 2. The number of halogens is 1. The monoisotopic (exact) mass is 293 g/mol. The molecule has 0 heterocycles. The van der Waals surface area contributed by atoms with Crippen LogP contribution in [0.15, 0.2) is 18.2 Å². The third kappa shape index (κ3) is 4.70. The minimum atomic E-state index is -0.183. The lowest BCUT2D eigenvalue weighted by Gasteiger charge is -2.28. The quantitative estimate of drug-likeness (QED) is 0.776. The van der Waals surface area contributed by atoms with Crippen molar-refractivity contribution < 1.29 is 9.13 Å². The second kappa shape index (κ2) is 8.38. The molecule has 1 fully saturated rings. The van der Waals surface area contributed by atoms with Crippen molar-refractivity contribution in [2.24, 2.45) is 5.92 Å². The van der Waals surface area contributed by atoms with Gasteiger partial charge in [0.15, 0.2) is 0 Å². The van der Waals surface area contributed by atoms with Crippen LogP contribution < -0.4 is 10.1 Å². The molecule has 0 aromatic heterocycles. The normalized spacial score (nSPS) is 17.7. The van der Waals surface area contributed by atoms with E-state index in [-0.39, 0.29) is 11.9 Å². The van der Waals surface area contributed by atoms with Gasteiger partial charge in [0.05, 0.1) is 7.11 Å². The summed E-state index contributed by atoms with van der Waals surface area (Å²) in [7, 11) is 1.66. The van der Waals surface area contributed by atoms with Crippen molar-refractivity contribution in [2.75, 3.05) is 13.7 Å². The number of ether oxygens (including phenoxy) is 1. The zero-order valence-corrected chi connectivity index (χ0v) is 13.3. The molecule has 1 aromatic rings. The lowest BCUT2D eigenvalue weighted by atomic mass is 9.83. The Balaban J connectivity index is 2.15. The highest BCUT2D eigenvalue weighted by atomic mass is 19.1. The lowest BCUT2D eigenvalue weighted by molar-refractivity contribution is 0.295. The van der Waals surface area contributed by atoms with Crippen molar-refractivity contribution in [3.8, 4) is 5.75 Å². The second-order valence-electron chi connectivity index (χ2n) is 6.13. The van der Waals surface area contributed by atoms with Gasteiger partial charge in [0.2, 0.25) is 0 Å². The molecule has 0 saturated heterocycles. The van der Waals surface area contributed by atoms with Gasteiger partial charge in [-0.2, -0.15) is 0 Å². The van der Waals surface area contributed by atoms with Crippen molar-refractivity contribution >= 4 is 0 Å². The summed E-state index contributed by atoms with van der Waals surface area (Å²) in [6.07, 6.45) is 8.83. The van der Waals surface area contributed by atoms with Crippen LogP contribution in [0.4, 0.5) is 4.39 Å². The standard InChI is InChI=1S/C18H28FNO/c1-3-11-20-17(12-14-7-5-4-6-8-14)16-13-15(19)9-10-18(16)21-2/h9-10,13-14,17,20H,3-8,11-12H2,1-2H3. The highest BCUT2D eigenvalue weighted by Gasteiger charge is 2.22. The summed E-state index contributed by atoms with van der Waals surface area (Å²) in [5.41, 5.74) is 0.969. The molecule has 1 aromatic carbocycles. The highest BCUT2D eigenvalue weighted by Crippen LogP contribution is 2.35. The molecule has 21 heavy (non-hydrogen) atoms. The molecule has 118 valence electrons. The fraction of sp³-hybridized carbons (Fsp3) is 0.667. The van der Waals surface area contributed by atoms with Gasteiger partial charge in [-0.25, -0.2) is 4.39 Å². The molecule has 2 nitrogen and oxygen atoms in total. The van der Waals surface area contributed by atoms with Crippen molar-refractivity contribution in [1.29, 1.82) is 0 Å². The van der Waals surface area contributed by atoms with E-state index < -0.39 is 0 Å². The van der Waals surface area contributed by atoms with E-state index in [1.54, 1.807) is 19.2 Å². The fourth-order valence-corrected chi connectivity index (χ4v) is 3.37. The largest absolute Gasteiger partial charge is 0.496 e. The van der Waals surface area contributed by atoms with Gasteiger partial charge in [-0.1, -0.05) is 39.0 Å². The smallest absolute Gasteiger partial charge is 0.123 e. The molecule has 3 heteroatoms. The molecule has 1 N–H and O–H groups in total. The third-order valence-electron chi connectivity index (χ3n) is 4.50. The van der Waals surface area contributed by atoms with Gasteiger partial charge in [-0.15, -0.1) is 0 Å². The first-order chi connectivity index (χ1) is 10.2. The molecule has 0 radical (unpaired) electrons. The van der Waals surface area contributed by atoms with Crippen molar-refractivity contribution in [3.63, 3.8) is 0 Å². The van der Waals surface area contributed by atoms with Crippen LogP contribution in [0, 0.1) is 11.7 Å². The maximum absolute atomic E-state index is 13.7. The summed E-state index contributed by atoms with van der Waals surface area (Å²) in [5, 5.41) is 3.59. The number of nitrogens with one attached hydrogen (secondary N) is 1. The molecule has 0 bridgehead atoms. The van der Waals surface area contributed by atoms with E-state index in [9.17, 15) is 4.39 Å². The first-order valence-corrected chi connectivity index (χ1v) is 8.31. The predicted octanol–water partition coefficient (Wildman–Crippen LogP) is 4.85. The van der Waals surface area contributed by atoms with Crippen LogP contribution in [0.1, 0.15) is 63.5 Å². The van der Waals surface area contributed by atoms with Crippen LogP contribution in [0.5, 0.6) is 5.75 Å². The summed E-state index contributed by atoms with van der Waals surface area (Å²) in [6.45, 7) is 3.12. The van der Waals surface area contributed by atoms with Crippen molar-refractivity contribution in [2.45, 2.75) is 57.9 Å². The SMILES string of the molecule is CCCNC(CC1CCCCC1)c1cc(F)ccc1OC. The Morgan fingerprint density at radius 1 is 1.29 bits per heavy atom. The summed E-state index contributed by atoms with van der Waals surface area (Å²) in [4.78, 5) is 0. The van der Waals surface area contributed by atoms with E-state index in [0.717, 1.165) is 36.6 Å². The first kappa shape index (κ1) is 16.3. The Hall–Kier alpha value is -1.09. The van der Waals surface area contributed by atoms with E-state index in [2.05, 4.69) is 12.2 Å². The average molecular weight is 293 g/mol. The maximum Gasteiger partial charge on any atom is 0.123 e. The molecule has 2 rings (SSSR count). The van der Waals surface area contributed by atoms with E-state index in [4.69, 9.17) is 4.74 Å². The van der Waals surface area contributed by atoms with Crippen LogP contribution >= 0.6 is 0 Å². The Morgan fingerprint density at radius 2 is 2.05 bits per heavy atom. The summed E-state index contributed by atoms with van der Waals surface area (Å²) >= 11 is 0. The topological polar surface area (TPSA) is 21.3 Å². The average Bonchev–Trinajstić information content (AvgIpc) is 2.52. The van der Waals surface area contributed by atoms with Gasteiger partial charge in [-0.05, 0) is 43.5 Å².